The first-order valence-corrected chi connectivity index (χ1v) is 9.98. The van der Waals surface area contributed by atoms with Crippen LogP contribution < -0.4 is 5.32 Å². The molecule has 4 rings (SSSR count). The van der Waals surface area contributed by atoms with Gasteiger partial charge in [-0.3, -0.25) is 9.59 Å². The van der Waals surface area contributed by atoms with Crippen molar-refractivity contribution in [2.45, 2.75) is 63.8 Å². The van der Waals surface area contributed by atoms with Gasteiger partial charge in [0.25, 0.3) is 0 Å². The maximum absolute atomic E-state index is 12.9. The molecule has 4 nitrogen and oxygen atoms in total. The fourth-order valence-electron chi connectivity index (χ4n) is 5.26. The van der Waals surface area contributed by atoms with Gasteiger partial charge >= 0.3 is 0 Å². The lowest BCUT2D eigenvalue weighted by Gasteiger charge is -2.35. The Morgan fingerprint density at radius 1 is 0.958 bits per heavy atom. The lowest BCUT2D eigenvalue weighted by atomic mass is 9.89. The van der Waals surface area contributed by atoms with E-state index in [0.717, 1.165) is 45.1 Å². The zero-order chi connectivity index (χ0) is 16.5. The Bertz CT molecular complexity index is 524. The maximum atomic E-state index is 12.9. The van der Waals surface area contributed by atoms with E-state index in [9.17, 15) is 9.59 Å². The smallest absolute Gasteiger partial charge is 0.226 e. The summed E-state index contributed by atoms with van der Waals surface area (Å²) in [5.41, 5.74) is 0. The molecule has 1 saturated heterocycles. The Balaban J connectivity index is 1.32. The maximum Gasteiger partial charge on any atom is 0.226 e. The molecular formula is C20H30N2O2. The van der Waals surface area contributed by atoms with Crippen LogP contribution in [-0.4, -0.2) is 35.8 Å². The Kier molecular flexibility index (Phi) is 4.64. The molecular weight excluding hydrogens is 300 g/mol. The lowest BCUT2D eigenvalue weighted by molar-refractivity contribution is -0.140. The third kappa shape index (κ3) is 3.25. The number of amides is 2. The van der Waals surface area contributed by atoms with E-state index in [4.69, 9.17) is 0 Å². The number of likely N-dealkylation sites (tertiary alicyclic amines) is 1. The molecule has 1 N–H and O–H groups in total. The van der Waals surface area contributed by atoms with E-state index in [1.54, 1.807) is 0 Å². The van der Waals surface area contributed by atoms with Gasteiger partial charge in [0, 0.05) is 25.0 Å². The average molecular weight is 330 g/mol. The molecule has 2 saturated carbocycles. The summed E-state index contributed by atoms with van der Waals surface area (Å²) in [4.78, 5) is 27.5. The predicted octanol–water partition coefficient (Wildman–Crippen LogP) is 2.89. The van der Waals surface area contributed by atoms with Crippen LogP contribution in [0.1, 0.15) is 57.8 Å². The molecule has 0 aromatic rings. The molecule has 2 bridgehead atoms. The van der Waals surface area contributed by atoms with Crippen LogP contribution >= 0.6 is 0 Å². The number of rotatable bonds is 3. The van der Waals surface area contributed by atoms with Crippen LogP contribution in [0.25, 0.3) is 0 Å². The second-order valence-electron chi connectivity index (χ2n) is 8.35. The highest BCUT2D eigenvalue weighted by atomic mass is 16.2. The molecule has 1 heterocycles. The van der Waals surface area contributed by atoms with Gasteiger partial charge in [-0.15, -0.1) is 0 Å². The first-order valence-electron chi connectivity index (χ1n) is 9.98. The molecule has 4 atom stereocenters. The number of nitrogens with zero attached hydrogens (tertiary/aromatic N) is 1. The fraction of sp³-hybridized carbons (Fsp3) is 0.800. The van der Waals surface area contributed by atoms with Crippen LogP contribution in [0.3, 0.4) is 0 Å². The molecule has 24 heavy (non-hydrogen) atoms. The molecule has 4 aliphatic rings. The summed E-state index contributed by atoms with van der Waals surface area (Å²) in [6.07, 6.45) is 14.6. The monoisotopic (exact) mass is 330 g/mol. The predicted molar refractivity (Wildman–Crippen MR) is 93.2 cm³/mol. The van der Waals surface area contributed by atoms with Crippen LogP contribution in [0.5, 0.6) is 0 Å². The average Bonchev–Trinajstić information content (AvgIpc) is 3.25. The van der Waals surface area contributed by atoms with Crippen LogP contribution in [0.2, 0.25) is 0 Å². The van der Waals surface area contributed by atoms with Gasteiger partial charge < -0.3 is 10.2 Å². The first kappa shape index (κ1) is 16.2. The van der Waals surface area contributed by atoms with Crippen molar-refractivity contribution in [1.29, 1.82) is 0 Å². The van der Waals surface area contributed by atoms with E-state index in [1.807, 2.05) is 4.90 Å². The minimum absolute atomic E-state index is 0.00115. The van der Waals surface area contributed by atoms with Crippen molar-refractivity contribution in [1.82, 2.24) is 10.2 Å². The summed E-state index contributed by atoms with van der Waals surface area (Å²) in [5, 5.41) is 3.26. The largest absolute Gasteiger partial charge is 0.353 e. The quantitative estimate of drug-likeness (QED) is 0.809. The molecule has 3 fully saturated rings. The normalized spacial score (nSPS) is 36.1. The van der Waals surface area contributed by atoms with Crippen LogP contribution in [0, 0.1) is 23.7 Å². The molecule has 0 spiro atoms. The molecule has 0 radical (unpaired) electrons. The lowest BCUT2D eigenvalue weighted by Crippen LogP contribution is -2.49. The van der Waals surface area contributed by atoms with Gasteiger partial charge in [0.15, 0.2) is 0 Å². The summed E-state index contributed by atoms with van der Waals surface area (Å²) in [5.74, 6) is 1.76. The summed E-state index contributed by atoms with van der Waals surface area (Å²) in [7, 11) is 0. The standard InChI is InChI=1S/C20H30N2O2/c23-19(21-17-6-2-1-3-7-17)16-5-4-10-22(13-16)20(24)18-12-14-8-9-15(18)11-14/h8-9,14-18H,1-7,10-13H2,(H,21,23)/t14-,15-,16+,18+/m0/s1. The highest BCUT2D eigenvalue weighted by Crippen LogP contribution is 2.44. The Hall–Kier alpha value is -1.32. The van der Waals surface area contributed by atoms with Gasteiger partial charge in [-0.1, -0.05) is 31.4 Å². The minimum atomic E-state index is -0.00115. The van der Waals surface area contributed by atoms with Crippen molar-refractivity contribution in [2.75, 3.05) is 13.1 Å². The zero-order valence-corrected chi connectivity index (χ0v) is 14.6. The fourth-order valence-corrected chi connectivity index (χ4v) is 5.26. The van der Waals surface area contributed by atoms with E-state index in [-0.39, 0.29) is 17.7 Å². The van der Waals surface area contributed by atoms with Gasteiger partial charge in [0.2, 0.25) is 11.8 Å². The van der Waals surface area contributed by atoms with Crippen molar-refractivity contribution < 1.29 is 9.59 Å². The van der Waals surface area contributed by atoms with E-state index in [0.29, 0.717) is 30.3 Å². The second kappa shape index (κ2) is 6.89. The number of hydrogen-bond donors (Lipinski definition) is 1. The van der Waals surface area contributed by atoms with Crippen LogP contribution in [0.15, 0.2) is 12.2 Å². The number of fused-ring (bicyclic) bond motifs is 2. The Labute approximate surface area is 145 Å². The van der Waals surface area contributed by atoms with Crippen LogP contribution in [-0.2, 0) is 9.59 Å². The molecule has 1 aliphatic heterocycles. The third-order valence-electron chi connectivity index (χ3n) is 6.65. The van der Waals surface area contributed by atoms with Gasteiger partial charge in [-0.25, -0.2) is 0 Å². The highest BCUT2D eigenvalue weighted by Gasteiger charge is 2.42. The number of carbonyl (C=O) groups excluding carboxylic acids is 2. The number of nitrogens with one attached hydrogen (secondary N) is 1. The number of piperidine rings is 1. The van der Waals surface area contributed by atoms with Crippen molar-refractivity contribution in [2.24, 2.45) is 23.7 Å². The van der Waals surface area contributed by atoms with Crippen molar-refractivity contribution >= 4 is 11.8 Å². The van der Waals surface area contributed by atoms with Crippen molar-refractivity contribution in [3.63, 3.8) is 0 Å². The zero-order valence-electron chi connectivity index (χ0n) is 14.6. The van der Waals surface area contributed by atoms with Crippen molar-refractivity contribution in [3.8, 4) is 0 Å². The van der Waals surface area contributed by atoms with E-state index in [2.05, 4.69) is 17.5 Å². The Morgan fingerprint density at radius 3 is 2.50 bits per heavy atom. The highest BCUT2D eigenvalue weighted by molar-refractivity contribution is 5.83. The Morgan fingerprint density at radius 2 is 1.79 bits per heavy atom. The molecule has 4 heteroatoms. The number of allylic oxidation sites excluding steroid dienone is 2. The first-order chi connectivity index (χ1) is 11.7. The van der Waals surface area contributed by atoms with Gasteiger partial charge in [-0.2, -0.15) is 0 Å². The second-order valence-corrected chi connectivity index (χ2v) is 8.35. The van der Waals surface area contributed by atoms with Gasteiger partial charge in [0.05, 0.1) is 5.92 Å². The minimum Gasteiger partial charge on any atom is -0.353 e. The SMILES string of the molecule is O=C(NC1CCCCC1)[C@@H]1CCCN(C(=O)[C@@H]2C[C@H]3C=C[C@H]2C3)C1. The molecule has 0 unspecified atom stereocenters. The third-order valence-corrected chi connectivity index (χ3v) is 6.65. The van der Waals surface area contributed by atoms with Gasteiger partial charge in [-0.05, 0) is 50.4 Å². The van der Waals surface area contributed by atoms with E-state index in [1.165, 1.54) is 19.3 Å². The molecule has 3 aliphatic carbocycles. The van der Waals surface area contributed by atoms with Crippen LogP contribution in [0.4, 0.5) is 0 Å². The van der Waals surface area contributed by atoms with Crippen molar-refractivity contribution in [3.05, 3.63) is 12.2 Å². The molecule has 0 aromatic heterocycles. The number of hydrogen-bond acceptors (Lipinski definition) is 2. The number of carbonyl (C=O) groups is 2. The molecule has 132 valence electrons. The summed E-state index contributed by atoms with van der Waals surface area (Å²) in [6, 6.07) is 0.369. The van der Waals surface area contributed by atoms with E-state index < -0.39 is 0 Å². The summed E-state index contributed by atoms with van der Waals surface area (Å²) < 4.78 is 0. The summed E-state index contributed by atoms with van der Waals surface area (Å²) in [6.45, 7) is 1.47. The van der Waals surface area contributed by atoms with E-state index >= 15 is 0 Å². The summed E-state index contributed by atoms with van der Waals surface area (Å²) >= 11 is 0. The molecule has 2 amide bonds. The topological polar surface area (TPSA) is 49.4 Å². The molecule has 0 aromatic carbocycles. The van der Waals surface area contributed by atoms with Gasteiger partial charge in [0.1, 0.15) is 0 Å².